The van der Waals surface area contributed by atoms with Crippen LogP contribution in [0, 0.1) is 0 Å². The van der Waals surface area contributed by atoms with E-state index in [1.165, 1.54) is 32.1 Å². The molecule has 11 heteroatoms. The quantitative estimate of drug-likeness (QED) is 0.240. The predicted molar refractivity (Wildman–Crippen MR) is 193 cm³/mol. The Bertz CT molecular complexity index is 1330. The number of alkyl halides is 6. The van der Waals surface area contributed by atoms with Gasteiger partial charge in [0.2, 0.25) is 13.5 Å². The first kappa shape index (κ1) is 36.6. The molecule has 0 radical (unpaired) electrons. The average Bonchev–Trinajstić information content (AvgIpc) is 3.45. The summed E-state index contributed by atoms with van der Waals surface area (Å²) in [7, 11) is 0. The molecule has 0 N–H and O–H groups in total. The van der Waals surface area contributed by atoms with Crippen LogP contribution < -0.4 is 4.74 Å². The van der Waals surface area contributed by atoms with Gasteiger partial charge in [0.1, 0.15) is 5.75 Å². The third-order valence-corrected chi connectivity index (χ3v) is 11.2. The molecule has 5 rings (SSSR count). The number of hydrogen-bond donors (Lipinski definition) is 0. The largest absolute Gasteiger partial charge is 0.491 e. The molecule has 2 heterocycles. The van der Waals surface area contributed by atoms with E-state index >= 15 is 0 Å². The fourth-order valence-corrected chi connectivity index (χ4v) is 8.45. The van der Waals surface area contributed by atoms with E-state index in [4.69, 9.17) is 74.3 Å². The Morgan fingerprint density at radius 1 is 0.891 bits per heavy atom. The van der Waals surface area contributed by atoms with E-state index in [9.17, 15) is 4.79 Å². The maximum Gasteiger partial charge on any atom is 0.227 e. The maximum absolute atomic E-state index is 13.7. The first-order chi connectivity index (χ1) is 21.7. The zero-order chi connectivity index (χ0) is 33.1. The van der Waals surface area contributed by atoms with Crippen molar-refractivity contribution in [1.29, 1.82) is 0 Å². The maximum atomic E-state index is 13.7. The average molecular weight is 752 g/mol. The first-order valence-electron chi connectivity index (χ1n) is 16.5. The molecule has 46 heavy (non-hydrogen) atoms. The van der Waals surface area contributed by atoms with Crippen molar-refractivity contribution < 1.29 is 9.53 Å². The van der Waals surface area contributed by atoms with Crippen molar-refractivity contribution >= 4 is 75.5 Å². The number of nitrogens with zero attached hydrogens (tertiary/aromatic N) is 3. The third-order valence-electron chi connectivity index (χ3n) is 9.98. The minimum absolute atomic E-state index is 0.0610. The van der Waals surface area contributed by atoms with Crippen molar-refractivity contribution in [2.45, 2.75) is 90.4 Å². The van der Waals surface area contributed by atoms with Crippen LogP contribution in [0.2, 0.25) is 0 Å². The summed E-state index contributed by atoms with van der Waals surface area (Å²) in [6.07, 6.45) is 8.77. The Morgan fingerprint density at radius 3 is 2.24 bits per heavy atom. The molecule has 0 spiro atoms. The molecule has 2 aromatic carbocycles. The second-order valence-electron chi connectivity index (χ2n) is 13.5. The number of carbonyl (C=O) groups excluding carboxylic acids is 1. The summed E-state index contributed by atoms with van der Waals surface area (Å²) in [4.78, 5) is 21.0. The predicted octanol–water partition coefficient (Wildman–Crippen LogP) is 9.18. The van der Waals surface area contributed by atoms with Gasteiger partial charge in [0.15, 0.2) is 0 Å². The summed E-state index contributed by atoms with van der Waals surface area (Å²) in [5.74, 6) is 0.858. The zero-order valence-corrected chi connectivity index (χ0v) is 31.3. The summed E-state index contributed by atoms with van der Waals surface area (Å²) < 4.78 is 2.32. The number of hydrogen-bond acceptors (Lipinski definition) is 4. The number of piperazine rings is 1. The van der Waals surface area contributed by atoms with Crippen molar-refractivity contribution in [3.8, 4) is 5.75 Å². The summed E-state index contributed by atoms with van der Waals surface area (Å²) in [5, 5.41) is 0. The summed E-state index contributed by atoms with van der Waals surface area (Å²) in [6.45, 7) is 10.4. The summed E-state index contributed by atoms with van der Waals surface area (Å²) in [5.41, 5.74) is 2.28. The molecular weight excluding hydrogens is 707 g/mol. The molecule has 3 fully saturated rings. The lowest BCUT2D eigenvalue weighted by molar-refractivity contribution is -0.129. The van der Waals surface area contributed by atoms with Crippen LogP contribution in [0.1, 0.15) is 81.0 Å². The molecular formula is C35H45Cl6N3O2. The lowest BCUT2D eigenvalue weighted by atomic mass is 9.75. The Hall–Kier alpha value is -0.630. The van der Waals surface area contributed by atoms with Crippen molar-refractivity contribution in [2.75, 3.05) is 45.8 Å². The fraction of sp³-hybridized carbons (Fsp3) is 0.629. The molecule has 5 nitrogen and oxygen atoms in total. The molecule has 3 aliphatic rings. The Morgan fingerprint density at radius 2 is 1.59 bits per heavy atom. The second-order valence-corrected chi connectivity index (χ2v) is 18.1. The molecule has 1 atom stereocenters. The van der Waals surface area contributed by atoms with Crippen LogP contribution >= 0.6 is 69.6 Å². The molecule has 0 bridgehead atoms. The van der Waals surface area contributed by atoms with Gasteiger partial charge in [-0.15, -0.1) is 0 Å². The highest BCUT2D eigenvalue weighted by Crippen LogP contribution is 2.50. The van der Waals surface area contributed by atoms with E-state index in [0.29, 0.717) is 30.6 Å². The number of likely N-dealkylation sites (tertiary alicyclic amines) is 1. The third kappa shape index (κ3) is 9.33. The molecule has 2 aromatic rings. The van der Waals surface area contributed by atoms with Crippen LogP contribution in [0.15, 0.2) is 42.5 Å². The van der Waals surface area contributed by atoms with Crippen molar-refractivity contribution in [2.24, 2.45) is 0 Å². The molecule has 1 saturated carbocycles. The number of ether oxygens (including phenoxy) is 1. The van der Waals surface area contributed by atoms with E-state index in [1.54, 1.807) is 6.07 Å². The van der Waals surface area contributed by atoms with Gasteiger partial charge in [0.05, 0.1) is 12.5 Å². The molecule has 1 amide bonds. The van der Waals surface area contributed by atoms with Crippen LogP contribution in [0.4, 0.5) is 0 Å². The normalized spacial score (nSPS) is 22.5. The van der Waals surface area contributed by atoms with Gasteiger partial charge in [-0.1, -0.05) is 119 Å². The lowest BCUT2D eigenvalue weighted by Gasteiger charge is -2.42. The highest BCUT2D eigenvalue weighted by Gasteiger charge is 2.44. The van der Waals surface area contributed by atoms with E-state index in [1.807, 2.05) is 55.1 Å². The highest BCUT2D eigenvalue weighted by atomic mass is 35.6. The Labute approximate surface area is 304 Å². The van der Waals surface area contributed by atoms with Gasteiger partial charge in [0.25, 0.3) is 0 Å². The van der Waals surface area contributed by atoms with Gasteiger partial charge in [-0.2, -0.15) is 0 Å². The Kier molecular flexibility index (Phi) is 12.4. The number of rotatable bonds is 9. The van der Waals surface area contributed by atoms with Gasteiger partial charge in [-0.05, 0) is 69.3 Å². The molecule has 254 valence electrons. The summed E-state index contributed by atoms with van der Waals surface area (Å²) in [6, 6.07) is 14.2. The van der Waals surface area contributed by atoms with Crippen LogP contribution in [0.3, 0.4) is 0 Å². The minimum Gasteiger partial charge on any atom is -0.491 e. The van der Waals surface area contributed by atoms with Crippen LogP contribution in [-0.4, -0.2) is 78.6 Å². The number of carbonyl (C=O) groups is 1. The fourth-order valence-electron chi connectivity index (χ4n) is 7.48. The Balaban J connectivity index is 1.35. The number of halogens is 6. The highest BCUT2D eigenvalue weighted by molar-refractivity contribution is 6.69. The molecule has 2 saturated heterocycles. The van der Waals surface area contributed by atoms with Gasteiger partial charge in [-0.25, -0.2) is 0 Å². The minimum atomic E-state index is -1.79. The van der Waals surface area contributed by atoms with Crippen molar-refractivity contribution in [1.82, 2.24) is 14.7 Å². The second kappa shape index (κ2) is 15.5. The zero-order valence-electron chi connectivity index (χ0n) is 26.7. The van der Waals surface area contributed by atoms with Gasteiger partial charge in [-0.3, -0.25) is 9.69 Å². The van der Waals surface area contributed by atoms with Crippen LogP contribution in [-0.2, 0) is 24.2 Å². The van der Waals surface area contributed by atoms with Crippen molar-refractivity contribution in [3.63, 3.8) is 0 Å². The monoisotopic (exact) mass is 749 g/mol. The first-order valence-corrected chi connectivity index (χ1v) is 18.8. The standard InChI is InChI=1S/C35H45Cl6N3O2/c1-25(2)46-29-10-6-7-26(21-29)22-32(45)44-16-14-33(24-44,27-11-12-30(34(36,37)38)31(23-27)35(39,40)41)13-15-42-17-19-43(20-18-42)28-8-4-3-5-9-28/h6-7,10-12,21,23,25,28H,3-5,8-9,13-20,22,24H2,1-2H3/t33-/m1/s1. The summed E-state index contributed by atoms with van der Waals surface area (Å²) >= 11 is 38.3. The van der Waals surface area contributed by atoms with Crippen molar-refractivity contribution in [3.05, 3.63) is 64.7 Å². The van der Waals surface area contributed by atoms with Gasteiger partial charge < -0.3 is 14.5 Å². The SMILES string of the molecule is CC(C)Oc1cccc(CC(=O)N2CC[C@@](CCN3CCN(C4CCCCC4)CC3)(c3ccc(C(Cl)(Cl)Cl)c(C(Cl)(Cl)Cl)c3)C2)c1. The number of benzene rings is 2. The number of amides is 1. The van der Waals surface area contributed by atoms with E-state index in [-0.39, 0.29) is 17.4 Å². The molecule has 1 aliphatic carbocycles. The van der Waals surface area contributed by atoms with E-state index in [2.05, 4.69) is 9.80 Å². The topological polar surface area (TPSA) is 36.0 Å². The van der Waals surface area contributed by atoms with Crippen LogP contribution in [0.25, 0.3) is 0 Å². The lowest BCUT2D eigenvalue weighted by Crippen LogP contribution is -2.51. The van der Waals surface area contributed by atoms with Gasteiger partial charge in [0, 0.05) is 61.9 Å². The molecule has 2 aliphatic heterocycles. The van der Waals surface area contributed by atoms with E-state index < -0.39 is 7.59 Å². The molecule has 0 aromatic heterocycles. The van der Waals surface area contributed by atoms with Crippen LogP contribution in [0.5, 0.6) is 5.75 Å². The van der Waals surface area contributed by atoms with E-state index in [0.717, 1.165) is 68.5 Å². The molecule has 0 unspecified atom stereocenters. The smallest absolute Gasteiger partial charge is 0.227 e. The van der Waals surface area contributed by atoms with Gasteiger partial charge >= 0.3 is 0 Å².